The smallest absolute Gasteiger partial charge is 0.371 e. The minimum atomic E-state index is -1.52. The lowest BCUT2D eigenvalue weighted by atomic mass is 10.1. The summed E-state index contributed by atoms with van der Waals surface area (Å²) in [5.74, 6) is -3.00. The summed E-state index contributed by atoms with van der Waals surface area (Å²) >= 11 is 1.26. The minimum Gasteiger partial charge on any atom is -0.502 e. The van der Waals surface area contributed by atoms with Crippen molar-refractivity contribution in [3.8, 4) is 10.4 Å². The molecule has 2 rings (SSSR count). The van der Waals surface area contributed by atoms with E-state index in [1.54, 1.807) is 12.1 Å². The first-order valence-corrected chi connectivity index (χ1v) is 6.64. The molecule has 4 nitrogen and oxygen atoms in total. The molecule has 0 saturated heterocycles. The van der Waals surface area contributed by atoms with Crippen molar-refractivity contribution in [2.75, 3.05) is 0 Å². The van der Waals surface area contributed by atoms with Gasteiger partial charge in [-0.3, -0.25) is 4.79 Å². The van der Waals surface area contributed by atoms with Crippen LogP contribution in [0.25, 0.3) is 10.4 Å². The van der Waals surface area contributed by atoms with Gasteiger partial charge in [0.15, 0.2) is 5.78 Å². The van der Waals surface area contributed by atoms with E-state index in [1.165, 1.54) is 11.3 Å². The number of carboxylic acid groups (broad SMARTS) is 1. The molecule has 0 radical (unpaired) electrons. The van der Waals surface area contributed by atoms with Gasteiger partial charge in [0.1, 0.15) is 0 Å². The summed E-state index contributed by atoms with van der Waals surface area (Å²) in [7, 11) is 0. The van der Waals surface area contributed by atoms with Crippen molar-refractivity contribution in [2.45, 2.75) is 6.92 Å². The van der Waals surface area contributed by atoms with Crippen LogP contribution in [-0.2, 0) is 4.79 Å². The largest absolute Gasteiger partial charge is 0.502 e. The predicted octanol–water partition coefficient (Wildman–Crippen LogP) is 3.43. The van der Waals surface area contributed by atoms with Crippen molar-refractivity contribution in [3.05, 3.63) is 58.7 Å². The van der Waals surface area contributed by atoms with Gasteiger partial charge in [-0.05, 0) is 24.6 Å². The maximum Gasteiger partial charge on any atom is 0.371 e. The molecule has 0 saturated carbocycles. The topological polar surface area (TPSA) is 74.6 Å². The van der Waals surface area contributed by atoms with Crippen molar-refractivity contribution < 1.29 is 19.8 Å². The number of benzene rings is 1. The molecule has 0 amide bonds. The van der Waals surface area contributed by atoms with Crippen LogP contribution < -0.4 is 0 Å². The quantitative estimate of drug-likeness (QED) is 0.513. The number of hydrogen-bond acceptors (Lipinski definition) is 4. The molecule has 0 fully saturated rings. The lowest BCUT2D eigenvalue weighted by Crippen LogP contribution is -2.02. The van der Waals surface area contributed by atoms with E-state index in [-0.39, 0.29) is 0 Å². The number of aliphatic hydroxyl groups is 1. The van der Waals surface area contributed by atoms with Gasteiger partial charge in [-0.25, -0.2) is 4.79 Å². The Morgan fingerprint density at radius 3 is 2.30 bits per heavy atom. The average Bonchev–Trinajstić information content (AvgIpc) is 2.89. The van der Waals surface area contributed by atoms with Crippen LogP contribution in [-0.4, -0.2) is 22.0 Å². The summed E-state index contributed by atoms with van der Waals surface area (Å²) in [6, 6.07) is 11.3. The average molecular weight is 288 g/mol. The van der Waals surface area contributed by atoms with Gasteiger partial charge < -0.3 is 10.2 Å². The van der Waals surface area contributed by atoms with E-state index in [2.05, 4.69) is 0 Å². The first-order valence-electron chi connectivity index (χ1n) is 5.82. The number of rotatable bonds is 4. The highest BCUT2D eigenvalue weighted by Gasteiger charge is 2.12. The third-order valence-electron chi connectivity index (χ3n) is 2.67. The molecule has 1 heterocycles. The molecule has 0 aliphatic rings. The van der Waals surface area contributed by atoms with Crippen molar-refractivity contribution in [1.82, 2.24) is 0 Å². The molecule has 5 heteroatoms. The summed E-state index contributed by atoms with van der Waals surface area (Å²) in [4.78, 5) is 23.5. The van der Waals surface area contributed by atoms with Crippen molar-refractivity contribution in [3.63, 3.8) is 0 Å². The zero-order valence-electron chi connectivity index (χ0n) is 10.7. The number of ketones is 1. The second-order valence-corrected chi connectivity index (χ2v) is 5.31. The predicted molar refractivity (Wildman–Crippen MR) is 77.2 cm³/mol. The first kappa shape index (κ1) is 14.0. The number of carbonyl (C=O) groups is 2. The highest BCUT2D eigenvalue weighted by atomic mass is 32.1. The zero-order valence-corrected chi connectivity index (χ0v) is 11.5. The van der Waals surface area contributed by atoms with Gasteiger partial charge in [0.2, 0.25) is 5.76 Å². The zero-order chi connectivity index (χ0) is 14.7. The molecule has 0 atom stereocenters. The molecular formula is C15H12O4S. The number of aliphatic hydroxyl groups excluding tert-OH is 1. The number of carboxylic acids is 1. The summed E-state index contributed by atoms with van der Waals surface area (Å²) in [5, 5.41) is 17.6. The number of aliphatic carboxylic acids is 1. The fraction of sp³-hybridized carbons (Fsp3) is 0.0667. The van der Waals surface area contributed by atoms with Crippen LogP contribution in [0.3, 0.4) is 0 Å². The molecule has 0 aliphatic carbocycles. The molecular weight excluding hydrogens is 276 g/mol. The normalized spacial score (nSPS) is 11.3. The molecule has 102 valence electrons. The molecule has 0 bridgehead atoms. The van der Waals surface area contributed by atoms with Gasteiger partial charge in [0.25, 0.3) is 0 Å². The Morgan fingerprint density at radius 1 is 1.05 bits per heavy atom. The maximum atomic E-state index is 11.8. The molecule has 1 aromatic heterocycles. The highest BCUT2D eigenvalue weighted by molar-refractivity contribution is 7.17. The number of carbonyl (C=O) groups excluding carboxylic acids is 1. The van der Waals surface area contributed by atoms with E-state index in [9.17, 15) is 9.59 Å². The minimum absolute atomic E-state index is 0.383. The van der Waals surface area contributed by atoms with Crippen LogP contribution in [0.2, 0.25) is 0 Å². The monoisotopic (exact) mass is 288 g/mol. The number of aryl methyl sites for hydroxylation is 1. The lowest BCUT2D eigenvalue weighted by Gasteiger charge is -1.97. The van der Waals surface area contributed by atoms with Crippen LogP contribution in [0, 0.1) is 6.92 Å². The molecule has 2 N–H and O–H groups in total. The van der Waals surface area contributed by atoms with Gasteiger partial charge >= 0.3 is 5.97 Å². The Labute approximate surface area is 119 Å². The third-order valence-corrected chi connectivity index (χ3v) is 3.82. The van der Waals surface area contributed by atoms with Crippen LogP contribution in [0.4, 0.5) is 0 Å². The van der Waals surface area contributed by atoms with Gasteiger partial charge in [-0.1, -0.05) is 29.8 Å². The van der Waals surface area contributed by atoms with Crippen molar-refractivity contribution in [2.24, 2.45) is 0 Å². The number of hydrogen-bond donors (Lipinski definition) is 2. The summed E-state index contributed by atoms with van der Waals surface area (Å²) in [6.07, 6.45) is 0.715. The van der Waals surface area contributed by atoms with E-state index in [1.807, 2.05) is 31.2 Å². The highest BCUT2D eigenvalue weighted by Crippen LogP contribution is 2.28. The van der Waals surface area contributed by atoms with E-state index in [0.717, 1.165) is 16.0 Å². The number of allylic oxidation sites excluding steroid dienone is 1. The SMILES string of the molecule is Cc1ccc(-c2ccc(C(=O)/C=C(\O)C(=O)O)s2)cc1. The fourth-order valence-corrected chi connectivity index (χ4v) is 2.52. The molecule has 20 heavy (non-hydrogen) atoms. The molecule has 0 spiro atoms. The van der Waals surface area contributed by atoms with E-state index in [0.29, 0.717) is 11.0 Å². The second kappa shape index (κ2) is 5.71. The van der Waals surface area contributed by atoms with Crippen molar-refractivity contribution >= 4 is 23.1 Å². The standard InChI is InChI=1S/C15H12O4S/c1-9-2-4-10(5-3-9)13-6-7-14(20-13)11(16)8-12(17)15(18)19/h2-8,17H,1H3,(H,18,19)/b12-8-. The summed E-state index contributed by atoms with van der Waals surface area (Å²) < 4.78 is 0. The fourth-order valence-electron chi connectivity index (χ4n) is 1.60. The van der Waals surface area contributed by atoms with E-state index >= 15 is 0 Å². The van der Waals surface area contributed by atoms with Crippen LogP contribution in [0.5, 0.6) is 0 Å². The van der Waals surface area contributed by atoms with Gasteiger partial charge in [-0.2, -0.15) is 0 Å². The van der Waals surface area contributed by atoms with Crippen LogP contribution in [0.1, 0.15) is 15.2 Å². The molecule has 0 unspecified atom stereocenters. The Balaban J connectivity index is 2.25. The van der Waals surface area contributed by atoms with E-state index < -0.39 is 17.5 Å². The van der Waals surface area contributed by atoms with Gasteiger partial charge in [0, 0.05) is 11.0 Å². The second-order valence-electron chi connectivity index (χ2n) is 4.23. The Hall–Kier alpha value is -2.40. The Bertz CT molecular complexity index is 680. The summed E-state index contributed by atoms with van der Waals surface area (Å²) in [6.45, 7) is 1.99. The Kier molecular flexibility index (Phi) is 4.00. The summed E-state index contributed by atoms with van der Waals surface area (Å²) in [5.41, 5.74) is 2.14. The van der Waals surface area contributed by atoms with E-state index in [4.69, 9.17) is 10.2 Å². The van der Waals surface area contributed by atoms with Crippen molar-refractivity contribution in [1.29, 1.82) is 0 Å². The maximum absolute atomic E-state index is 11.8. The lowest BCUT2D eigenvalue weighted by molar-refractivity contribution is -0.135. The Morgan fingerprint density at radius 2 is 1.70 bits per heavy atom. The van der Waals surface area contributed by atoms with Crippen LogP contribution >= 0.6 is 11.3 Å². The first-order chi connectivity index (χ1) is 9.47. The number of thiophene rings is 1. The van der Waals surface area contributed by atoms with Crippen LogP contribution in [0.15, 0.2) is 48.2 Å². The van der Waals surface area contributed by atoms with Gasteiger partial charge in [-0.15, -0.1) is 11.3 Å². The third kappa shape index (κ3) is 3.13. The molecule has 1 aromatic carbocycles. The van der Waals surface area contributed by atoms with Gasteiger partial charge in [0.05, 0.1) is 4.88 Å². The molecule has 2 aromatic rings. The molecule has 0 aliphatic heterocycles.